The smallest absolute Gasteiger partial charge is 0.224 e. The van der Waals surface area contributed by atoms with Gasteiger partial charge in [-0.25, -0.2) is 14.1 Å². The van der Waals surface area contributed by atoms with E-state index in [2.05, 4.69) is 34.5 Å². The lowest BCUT2D eigenvalue weighted by atomic mass is 10.2. The standard InChI is InChI=1S/C21H25FN8/c1-3-5-7-19-23-18(6-4-2)26-30(19)14-15-8-10-16(11-9-15)29-13-12-17(22)20(29)21-24-27-28-25-21/h8-13H,3-7,14H2,1-2H3,(H,24,25,27,28). The van der Waals surface area contributed by atoms with Crippen LogP contribution in [0.3, 0.4) is 0 Å². The molecule has 0 aliphatic carbocycles. The monoisotopic (exact) mass is 408 g/mol. The molecule has 0 radical (unpaired) electrons. The van der Waals surface area contributed by atoms with E-state index in [-0.39, 0.29) is 11.5 Å². The Morgan fingerprint density at radius 2 is 1.87 bits per heavy atom. The maximum atomic E-state index is 14.3. The second-order valence-corrected chi connectivity index (χ2v) is 7.24. The minimum absolute atomic E-state index is 0.216. The summed E-state index contributed by atoms with van der Waals surface area (Å²) in [6.45, 7) is 4.98. The predicted molar refractivity (Wildman–Crippen MR) is 111 cm³/mol. The Bertz CT molecular complexity index is 1080. The maximum Gasteiger partial charge on any atom is 0.224 e. The zero-order chi connectivity index (χ0) is 20.9. The maximum absolute atomic E-state index is 14.3. The number of aromatic amines is 1. The van der Waals surface area contributed by atoms with Gasteiger partial charge in [0.05, 0.1) is 6.54 Å². The van der Waals surface area contributed by atoms with E-state index in [4.69, 9.17) is 10.1 Å². The van der Waals surface area contributed by atoms with Crippen molar-refractivity contribution in [2.45, 2.75) is 52.5 Å². The van der Waals surface area contributed by atoms with Crippen molar-refractivity contribution in [1.82, 2.24) is 40.0 Å². The Kier molecular flexibility index (Phi) is 5.97. The van der Waals surface area contributed by atoms with Crippen molar-refractivity contribution in [3.63, 3.8) is 0 Å². The molecule has 8 nitrogen and oxygen atoms in total. The van der Waals surface area contributed by atoms with Crippen molar-refractivity contribution in [1.29, 1.82) is 0 Å². The topological polar surface area (TPSA) is 90.1 Å². The molecule has 0 bridgehead atoms. The fraction of sp³-hybridized carbons (Fsp3) is 0.381. The molecule has 156 valence electrons. The Balaban J connectivity index is 1.57. The van der Waals surface area contributed by atoms with E-state index < -0.39 is 5.82 Å². The van der Waals surface area contributed by atoms with Gasteiger partial charge < -0.3 is 4.57 Å². The summed E-state index contributed by atoms with van der Waals surface area (Å²) in [7, 11) is 0. The summed E-state index contributed by atoms with van der Waals surface area (Å²) in [6, 6.07) is 9.35. The van der Waals surface area contributed by atoms with E-state index in [1.165, 1.54) is 6.07 Å². The van der Waals surface area contributed by atoms with Crippen LogP contribution in [0.5, 0.6) is 0 Å². The van der Waals surface area contributed by atoms with Crippen LogP contribution in [0, 0.1) is 5.82 Å². The zero-order valence-corrected chi connectivity index (χ0v) is 17.2. The summed E-state index contributed by atoms with van der Waals surface area (Å²) in [5, 5.41) is 18.4. The van der Waals surface area contributed by atoms with Gasteiger partial charge in [-0.15, -0.1) is 10.2 Å². The molecule has 3 aromatic heterocycles. The third-order valence-electron chi connectivity index (χ3n) is 4.96. The molecule has 0 unspecified atom stereocenters. The number of rotatable bonds is 9. The number of nitrogens with zero attached hydrogens (tertiary/aromatic N) is 7. The number of aryl methyl sites for hydroxylation is 2. The van der Waals surface area contributed by atoms with Gasteiger partial charge >= 0.3 is 0 Å². The van der Waals surface area contributed by atoms with Crippen LogP contribution in [0.1, 0.15) is 50.3 Å². The first kappa shape index (κ1) is 19.9. The first-order valence-electron chi connectivity index (χ1n) is 10.3. The summed E-state index contributed by atoms with van der Waals surface area (Å²) in [4.78, 5) is 4.72. The SMILES string of the molecule is CCCCc1nc(CCC)nn1Cc1ccc(-n2ccc(F)c2-c2nn[nH]n2)cc1. The zero-order valence-electron chi connectivity index (χ0n) is 17.2. The van der Waals surface area contributed by atoms with Crippen LogP contribution in [-0.2, 0) is 19.4 Å². The van der Waals surface area contributed by atoms with E-state index in [0.29, 0.717) is 6.54 Å². The number of nitrogens with one attached hydrogen (secondary N) is 1. The van der Waals surface area contributed by atoms with Crippen LogP contribution in [0.2, 0.25) is 0 Å². The number of tetrazole rings is 1. The molecule has 9 heteroatoms. The number of unbranched alkanes of at least 4 members (excludes halogenated alkanes) is 1. The molecule has 0 aliphatic rings. The summed E-state index contributed by atoms with van der Waals surface area (Å²) in [6.07, 6.45) is 6.74. The van der Waals surface area contributed by atoms with Gasteiger partial charge in [0.25, 0.3) is 0 Å². The summed E-state index contributed by atoms with van der Waals surface area (Å²) in [5.74, 6) is 1.77. The molecular formula is C21H25FN8. The van der Waals surface area contributed by atoms with E-state index in [9.17, 15) is 4.39 Å². The predicted octanol–water partition coefficient (Wildman–Crippen LogP) is 3.73. The summed E-state index contributed by atoms with van der Waals surface area (Å²) in [5.41, 5.74) is 2.20. The number of benzene rings is 1. The van der Waals surface area contributed by atoms with E-state index in [1.54, 1.807) is 10.8 Å². The van der Waals surface area contributed by atoms with Crippen LogP contribution in [-0.4, -0.2) is 40.0 Å². The van der Waals surface area contributed by atoms with Crippen molar-refractivity contribution in [2.75, 3.05) is 0 Å². The van der Waals surface area contributed by atoms with Gasteiger partial charge in [0.1, 0.15) is 11.5 Å². The Morgan fingerprint density at radius 1 is 1.03 bits per heavy atom. The van der Waals surface area contributed by atoms with Gasteiger partial charge in [0, 0.05) is 24.7 Å². The lowest BCUT2D eigenvalue weighted by Crippen LogP contribution is -2.07. The molecule has 1 aromatic carbocycles. The van der Waals surface area contributed by atoms with Crippen molar-refractivity contribution in [3.8, 4) is 17.2 Å². The van der Waals surface area contributed by atoms with Crippen LogP contribution < -0.4 is 0 Å². The van der Waals surface area contributed by atoms with Crippen molar-refractivity contribution < 1.29 is 4.39 Å². The highest BCUT2D eigenvalue weighted by molar-refractivity contribution is 5.55. The molecule has 4 aromatic rings. The number of hydrogen-bond donors (Lipinski definition) is 1. The molecular weight excluding hydrogens is 383 g/mol. The number of aromatic nitrogens is 8. The molecule has 0 spiro atoms. The van der Waals surface area contributed by atoms with E-state index >= 15 is 0 Å². The second kappa shape index (κ2) is 8.98. The second-order valence-electron chi connectivity index (χ2n) is 7.24. The molecule has 4 rings (SSSR count). The van der Waals surface area contributed by atoms with Crippen molar-refractivity contribution in [2.24, 2.45) is 0 Å². The average molecular weight is 408 g/mol. The van der Waals surface area contributed by atoms with Crippen molar-refractivity contribution >= 4 is 0 Å². The van der Waals surface area contributed by atoms with E-state index in [1.807, 2.05) is 28.9 Å². The minimum Gasteiger partial charge on any atom is -0.311 e. The first-order chi connectivity index (χ1) is 14.7. The number of H-pyrrole nitrogens is 1. The molecule has 1 N–H and O–H groups in total. The molecule has 0 atom stereocenters. The third kappa shape index (κ3) is 4.14. The summed E-state index contributed by atoms with van der Waals surface area (Å²) >= 11 is 0. The molecule has 0 saturated carbocycles. The van der Waals surface area contributed by atoms with Crippen LogP contribution in [0.15, 0.2) is 36.5 Å². The van der Waals surface area contributed by atoms with Gasteiger partial charge in [-0.05, 0) is 41.8 Å². The quantitative estimate of drug-likeness (QED) is 0.456. The highest BCUT2D eigenvalue weighted by Gasteiger charge is 2.17. The molecule has 0 aliphatic heterocycles. The molecule has 30 heavy (non-hydrogen) atoms. The van der Waals surface area contributed by atoms with Gasteiger partial charge in [-0.3, -0.25) is 0 Å². The number of hydrogen-bond acceptors (Lipinski definition) is 5. The third-order valence-corrected chi connectivity index (χ3v) is 4.96. The van der Waals surface area contributed by atoms with E-state index in [0.717, 1.165) is 55.0 Å². The highest BCUT2D eigenvalue weighted by Crippen LogP contribution is 2.24. The first-order valence-corrected chi connectivity index (χ1v) is 10.3. The highest BCUT2D eigenvalue weighted by atomic mass is 19.1. The molecule has 0 amide bonds. The molecule has 0 fully saturated rings. The fourth-order valence-corrected chi connectivity index (χ4v) is 3.44. The van der Waals surface area contributed by atoms with Gasteiger partial charge in [0.2, 0.25) is 5.82 Å². The fourth-order valence-electron chi connectivity index (χ4n) is 3.44. The van der Waals surface area contributed by atoms with Gasteiger partial charge in [-0.1, -0.05) is 32.4 Å². The Hall–Kier alpha value is -3.36. The van der Waals surface area contributed by atoms with Gasteiger partial charge in [0.15, 0.2) is 11.6 Å². The molecule has 3 heterocycles. The van der Waals surface area contributed by atoms with Crippen LogP contribution in [0.25, 0.3) is 17.2 Å². The number of halogens is 1. The summed E-state index contributed by atoms with van der Waals surface area (Å²) < 4.78 is 18.0. The average Bonchev–Trinajstić information content (AvgIpc) is 3.48. The van der Waals surface area contributed by atoms with Crippen LogP contribution in [0.4, 0.5) is 4.39 Å². The Morgan fingerprint density at radius 3 is 2.57 bits per heavy atom. The van der Waals surface area contributed by atoms with Crippen molar-refractivity contribution in [3.05, 3.63) is 59.6 Å². The van der Waals surface area contributed by atoms with Crippen LogP contribution >= 0.6 is 0 Å². The largest absolute Gasteiger partial charge is 0.311 e. The lowest BCUT2D eigenvalue weighted by molar-refractivity contribution is 0.613. The van der Waals surface area contributed by atoms with Gasteiger partial charge in [-0.2, -0.15) is 10.3 Å². The molecule has 0 saturated heterocycles. The minimum atomic E-state index is -0.396. The Labute approximate surface area is 174 Å². The lowest BCUT2D eigenvalue weighted by Gasteiger charge is -2.09. The normalized spacial score (nSPS) is 11.3.